The zero-order chi connectivity index (χ0) is 25.8. The third kappa shape index (κ3) is 4.77. The smallest absolute Gasteiger partial charge is 0.273 e. The lowest BCUT2D eigenvalue weighted by Gasteiger charge is -2.27. The standard InChI is InChI=1S/C30H31N3O4/c1-4-18-37-24-15-12-22(19-25(24)36-3)29-26-27(21-8-6-5-7-9-21)31-32-28(26)30(34)33(29)17-16-20-10-13-23(35-2)14-11-20/h5-15,19,29H,4,16-18H2,1-3H3,(H,31,32). The first-order valence-electron chi connectivity index (χ1n) is 12.5. The number of nitrogens with zero attached hydrogens (tertiary/aromatic N) is 2. The normalized spacial score (nSPS) is 14.5. The Balaban J connectivity index is 1.54. The zero-order valence-corrected chi connectivity index (χ0v) is 21.4. The fourth-order valence-corrected chi connectivity index (χ4v) is 4.82. The van der Waals surface area contributed by atoms with Crippen LogP contribution in [0.4, 0.5) is 0 Å². The van der Waals surface area contributed by atoms with Gasteiger partial charge in [-0.05, 0) is 48.2 Å². The molecule has 1 N–H and O–H groups in total. The maximum atomic E-state index is 13.7. The topological polar surface area (TPSA) is 76.7 Å². The first-order chi connectivity index (χ1) is 18.1. The molecule has 0 spiro atoms. The number of hydrogen-bond acceptors (Lipinski definition) is 5. The molecule has 37 heavy (non-hydrogen) atoms. The summed E-state index contributed by atoms with van der Waals surface area (Å²) in [5, 5.41) is 7.60. The van der Waals surface area contributed by atoms with Gasteiger partial charge in [-0.15, -0.1) is 0 Å². The molecule has 2 heterocycles. The molecule has 0 saturated carbocycles. The Morgan fingerprint density at radius 3 is 2.43 bits per heavy atom. The van der Waals surface area contributed by atoms with Gasteiger partial charge in [-0.1, -0.05) is 55.5 Å². The number of fused-ring (bicyclic) bond motifs is 1. The average molecular weight is 498 g/mol. The summed E-state index contributed by atoms with van der Waals surface area (Å²) in [7, 11) is 3.29. The van der Waals surface area contributed by atoms with Gasteiger partial charge in [-0.3, -0.25) is 9.89 Å². The molecular weight excluding hydrogens is 466 g/mol. The first kappa shape index (κ1) is 24.4. The van der Waals surface area contributed by atoms with Gasteiger partial charge < -0.3 is 19.1 Å². The third-order valence-electron chi connectivity index (χ3n) is 6.68. The van der Waals surface area contributed by atoms with Crippen LogP contribution in [-0.4, -0.2) is 48.4 Å². The van der Waals surface area contributed by atoms with Crippen molar-refractivity contribution in [3.8, 4) is 28.5 Å². The molecule has 1 aromatic heterocycles. The summed E-state index contributed by atoms with van der Waals surface area (Å²) in [6.07, 6.45) is 1.61. The molecule has 4 aromatic rings. The van der Waals surface area contributed by atoms with E-state index >= 15 is 0 Å². The number of carbonyl (C=O) groups is 1. The van der Waals surface area contributed by atoms with Crippen molar-refractivity contribution in [2.75, 3.05) is 27.4 Å². The minimum absolute atomic E-state index is 0.0616. The highest BCUT2D eigenvalue weighted by molar-refractivity contribution is 6.00. The van der Waals surface area contributed by atoms with Crippen molar-refractivity contribution >= 4 is 5.91 Å². The zero-order valence-electron chi connectivity index (χ0n) is 21.4. The molecule has 1 atom stereocenters. The van der Waals surface area contributed by atoms with Crippen molar-refractivity contribution in [3.05, 3.63) is 95.2 Å². The van der Waals surface area contributed by atoms with Crippen LogP contribution in [0.2, 0.25) is 0 Å². The summed E-state index contributed by atoms with van der Waals surface area (Å²) >= 11 is 0. The van der Waals surface area contributed by atoms with Crippen molar-refractivity contribution in [2.24, 2.45) is 0 Å². The molecule has 0 radical (unpaired) electrons. The highest BCUT2D eigenvalue weighted by Crippen LogP contribution is 2.44. The molecule has 7 nitrogen and oxygen atoms in total. The van der Waals surface area contributed by atoms with Gasteiger partial charge in [0.05, 0.1) is 32.6 Å². The molecule has 1 unspecified atom stereocenters. The highest BCUT2D eigenvalue weighted by atomic mass is 16.5. The van der Waals surface area contributed by atoms with E-state index in [1.54, 1.807) is 14.2 Å². The van der Waals surface area contributed by atoms with E-state index in [-0.39, 0.29) is 11.9 Å². The van der Waals surface area contributed by atoms with Gasteiger partial charge in [-0.25, -0.2) is 0 Å². The first-order valence-corrected chi connectivity index (χ1v) is 12.5. The molecule has 5 rings (SSSR count). The van der Waals surface area contributed by atoms with Crippen molar-refractivity contribution in [1.29, 1.82) is 0 Å². The second-order valence-electron chi connectivity index (χ2n) is 8.98. The number of hydrogen-bond donors (Lipinski definition) is 1. The van der Waals surface area contributed by atoms with E-state index in [1.807, 2.05) is 77.7 Å². The fourth-order valence-electron chi connectivity index (χ4n) is 4.82. The van der Waals surface area contributed by atoms with Crippen LogP contribution in [0.3, 0.4) is 0 Å². The van der Waals surface area contributed by atoms with Crippen LogP contribution in [-0.2, 0) is 6.42 Å². The van der Waals surface area contributed by atoms with Crippen LogP contribution in [0.25, 0.3) is 11.3 Å². The fraction of sp³-hybridized carbons (Fsp3) is 0.267. The Hall–Kier alpha value is -4.26. The summed E-state index contributed by atoms with van der Waals surface area (Å²) in [6.45, 7) is 3.22. The molecule has 0 aliphatic carbocycles. The van der Waals surface area contributed by atoms with Gasteiger partial charge in [0.1, 0.15) is 11.4 Å². The minimum Gasteiger partial charge on any atom is -0.497 e. The predicted molar refractivity (Wildman–Crippen MR) is 142 cm³/mol. The molecule has 1 aliphatic rings. The summed E-state index contributed by atoms with van der Waals surface area (Å²) in [5.74, 6) is 2.09. The number of rotatable bonds is 10. The lowest BCUT2D eigenvalue weighted by molar-refractivity contribution is 0.0745. The maximum Gasteiger partial charge on any atom is 0.273 e. The van der Waals surface area contributed by atoms with E-state index in [1.165, 1.54) is 0 Å². The van der Waals surface area contributed by atoms with Gasteiger partial charge in [0.15, 0.2) is 11.5 Å². The van der Waals surface area contributed by atoms with E-state index in [0.717, 1.165) is 40.1 Å². The van der Waals surface area contributed by atoms with Crippen molar-refractivity contribution in [3.63, 3.8) is 0 Å². The highest BCUT2D eigenvalue weighted by Gasteiger charge is 2.42. The molecule has 0 saturated heterocycles. The summed E-state index contributed by atoms with van der Waals surface area (Å²) < 4.78 is 16.8. The van der Waals surface area contributed by atoms with E-state index in [4.69, 9.17) is 14.2 Å². The minimum atomic E-state index is -0.316. The number of aromatic amines is 1. The van der Waals surface area contributed by atoms with Crippen LogP contribution in [0.5, 0.6) is 17.2 Å². The van der Waals surface area contributed by atoms with Crippen LogP contribution in [0, 0.1) is 0 Å². The van der Waals surface area contributed by atoms with E-state index in [0.29, 0.717) is 36.8 Å². The van der Waals surface area contributed by atoms with Crippen LogP contribution in [0.15, 0.2) is 72.8 Å². The number of nitrogens with one attached hydrogen (secondary N) is 1. The Bertz CT molecular complexity index is 1370. The Labute approximate surface area is 217 Å². The Morgan fingerprint density at radius 2 is 1.73 bits per heavy atom. The van der Waals surface area contributed by atoms with Gasteiger partial charge in [0.25, 0.3) is 5.91 Å². The largest absolute Gasteiger partial charge is 0.497 e. The summed E-state index contributed by atoms with van der Waals surface area (Å²) in [6, 6.07) is 23.5. The number of amides is 1. The van der Waals surface area contributed by atoms with Crippen LogP contribution in [0.1, 0.15) is 46.6 Å². The van der Waals surface area contributed by atoms with E-state index < -0.39 is 0 Å². The van der Waals surface area contributed by atoms with Crippen molar-refractivity contribution in [2.45, 2.75) is 25.8 Å². The van der Waals surface area contributed by atoms with Crippen LogP contribution >= 0.6 is 0 Å². The third-order valence-corrected chi connectivity index (χ3v) is 6.68. The second-order valence-corrected chi connectivity index (χ2v) is 8.98. The molecule has 1 amide bonds. The Morgan fingerprint density at radius 1 is 0.946 bits per heavy atom. The Kier molecular flexibility index (Phi) is 7.12. The lowest BCUT2D eigenvalue weighted by Crippen LogP contribution is -2.31. The summed E-state index contributed by atoms with van der Waals surface area (Å²) in [4.78, 5) is 15.6. The second kappa shape index (κ2) is 10.8. The molecule has 3 aromatic carbocycles. The van der Waals surface area contributed by atoms with Crippen LogP contribution < -0.4 is 14.2 Å². The molecular formula is C30H31N3O4. The van der Waals surface area contributed by atoms with Crippen molar-refractivity contribution < 1.29 is 19.0 Å². The number of carbonyl (C=O) groups excluding carboxylic acids is 1. The number of ether oxygens (including phenoxy) is 3. The van der Waals surface area contributed by atoms with Crippen molar-refractivity contribution in [1.82, 2.24) is 15.1 Å². The quantitative estimate of drug-likeness (QED) is 0.305. The molecule has 1 aliphatic heterocycles. The number of H-pyrrole nitrogens is 1. The molecule has 190 valence electrons. The number of aromatic nitrogens is 2. The van der Waals surface area contributed by atoms with E-state index in [2.05, 4.69) is 17.1 Å². The predicted octanol–water partition coefficient (Wildman–Crippen LogP) is 5.67. The van der Waals surface area contributed by atoms with E-state index in [9.17, 15) is 4.79 Å². The number of methoxy groups -OCH3 is 2. The van der Waals surface area contributed by atoms with Gasteiger partial charge in [0, 0.05) is 17.7 Å². The maximum absolute atomic E-state index is 13.7. The lowest BCUT2D eigenvalue weighted by atomic mass is 9.95. The molecule has 0 fully saturated rings. The SMILES string of the molecule is CCCOc1ccc(C2c3c(-c4ccccc4)n[nH]c3C(=O)N2CCc2ccc(OC)cc2)cc1OC. The average Bonchev–Trinajstić information content (AvgIpc) is 3.50. The molecule has 7 heteroatoms. The number of benzene rings is 3. The van der Waals surface area contributed by atoms with Gasteiger partial charge >= 0.3 is 0 Å². The monoisotopic (exact) mass is 497 g/mol. The van der Waals surface area contributed by atoms with Gasteiger partial charge in [0.2, 0.25) is 0 Å². The van der Waals surface area contributed by atoms with Gasteiger partial charge in [-0.2, -0.15) is 5.10 Å². The summed E-state index contributed by atoms with van der Waals surface area (Å²) in [5.41, 5.74) is 5.24. The molecule has 0 bridgehead atoms.